The number of benzene rings is 4. The number of rotatable bonds is 6. The molecule has 8 rings (SSSR count). The fourth-order valence-corrected chi connectivity index (χ4v) is 50.1. The second-order valence-corrected chi connectivity index (χ2v) is 53.7. The van der Waals surface area contributed by atoms with E-state index < -0.39 is 53.7 Å². The van der Waals surface area contributed by atoms with Crippen LogP contribution in [0.4, 0.5) is 0 Å². The van der Waals surface area contributed by atoms with Crippen molar-refractivity contribution in [2.45, 2.75) is 40.7 Å². The van der Waals surface area contributed by atoms with Gasteiger partial charge in [0.2, 0.25) is 0 Å². The van der Waals surface area contributed by atoms with Gasteiger partial charge in [-0.2, -0.15) is 0 Å². The van der Waals surface area contributed by atoms with Gasteiger partial charge in [0, 0.05) is 0 Å². The molecule has 0 saturated heterocycles. The molecule has 0 N–H and O–H groups in total. The van der Waals surface area contributed by atoms with Crippen LogP contribution in [0.2, 0.25) is 26.2 Å². The summed E-state index contributed by atoms with van der Waals surface area (Å²) in [6.07, 6.45) is 19.7. The van der Waals surface area contributed by atoms with Crippen LogP contribution in [0.25, 0.3) is 24.3 Å². The summed E-state index contributed by atoms with van der Waals surface area (Å²) in [5, 5.41) is 0. The zero-order chi connectivity index (χ0) is 30.2. The molecule has 4 atom stereocenters. The Morgan fingerprint density at radius 1 is 0.400 bits per heavy atom. The van der Waals surface area contributed by atoms with Gasteiger partial charge in [0.05, 0.1) is 0 Å². The van der Waals surface area contributed by atoms with Gasteiger partial charge in [-0.15, -0.1) is 0 Å². The van der Waals surface area contributed by atoms with E-state index in [4.69, 9.17) is 0 Å². The second-order valence-electron chi connectivity index (χ2n) is 13.2. The Morgan fingerprint density at radius 3 is 0.844 bits per heavy atom. The maximum Gasteiger partial charge on any atom is -1.00 e. The second kappa shape index (κ2) is 14.6. The normalized spacial score (nSPS) is 20.8. The fraction of sp³-hybridized carbons (Fsp3) is 0.200. The quantitative estimate of drug-likeness (QED) is 0.179. The zero-order valence-corrected chi connectivity index (χ0v) is 34.7. The minimum Gasteiger partial charge on any atom is -1.00 e. The molecule has 0 aliphatic heterocycles. The van der Waals surface area contributed by atoms with Crippen LogP contribution >= 0.6 is 0 Å². The van der Waals surface area contributed by atoms with Crippen LogP contribution < -0.4 is 12.4 Å². The smallest absolute Gasteiger partial charge is 1.00 e. The Kier molecular flexibility index (Phi) is 10.8. The summed E-state index contributed by atoms with van der Waals surface area (Å²) in [5.74, 6) is -1.23. The van der Waals surface area contributed by atoms with Crippen LogP contribution in [0.5, 0.6) is 0 Å². The third-order valence-electron chi connectivity index (χ3n) is 9.97. The molecule has 0 aromatic heterocycles. The Morgan fingerprint density at radius 2 is 0.622 bits per heavy atom. The third kappa shape index (κ3) is 6.58. The van der Waals surface area contributed by atoms with E-state index in [1.54, 1.807) is 22.3 Å². The Balaban J connectivity index is 0.000000174. The van der Waals surface area contributed by atoms with E-state index in [2.05, 4.69) is 172 Å². The van der Waals surface area contributed by atoms with Gasteiger partial charge in [0.25, 0.3) is 0 Å². The number of hydrogen-bond acceptors (Lipinski definition) is 0. The molecule has 226 valence electrons. The molecule has 5 heteroatoms. The topological polar surface area (TPSA) is 0 Å². The van der Waals surface area contributed by atoms with E-state index in [0.717, 1.165) is 14.5 Å². The van der Waals surface area contributed by atoms with Crippen LogP contribution in [0.1, 0.15) is 60.4 Å². The molecule has 4 aliphatic rings. The number of hydrogen-bond donors (Lipinski definition) is 0. The van der Waals surface area contributed by atoms with E-state index in [1.807, 2.05) is 0 Å². The Hall–Kier alpha value is -1.67. The van der Waals surface area contributed by atoms with E-state index in [9.17, 15) is 0 Å². The first-order chi connectivity index (χ1) is 21.5. The van der Waals surface area contributed by atoms with E-state index in [-0.39, 0.29) is 13.8 Å². The van der Waals surface area contributed by atoms with Crippen molar-refractivity contribution < 1.29 is 55.7 Å². The summed E-state index contributed by atoms with van der Waals surface area (Å²) < 4.78 is 3.13. The van der Waals surface area contributed by atoms with E-state index in [1.165, 1.54) is 22.3 Å². The fourth-order valence-electron chi connectivity index (χ4n) is 7.98. The first-order valence-corrected chi connectivity index (χ1v) is 36.3. The average Bonchev–Trinajstić information content (AvgIpc) is 3.84. The first kappa shape index (κ1) is 33.2. The summed E-state index contributed by atoms with van der Waals surface area (Å²) in [7, 11) is 0. The molecule has 4 aliphatic carbocycles. The van der Waals surface area contributed by atoms with Gasteiger partial charge < -0.3 is 13.8 Å². The van der Waals surface area contributed by atoms with Gasteiger partial charge in [0.1, 0.15) is 0 Å². The zero-order valence-electron chi connectivity index (χ0n) is 27.7. The molecule has 0 bridgehead atoms. The van der Waals surface area contributed by atoms with Crippen molar-refractivity contribution in [3.63, 3.8) is 0 Å². The van der Waals surface area contributed by atoms with E-state index >= 15 is 0 Å². The molecule has 0 heterocycles. The minimum absolute atomic E-state index is 0. The van der Waals surface area contributed by atoms with Crippen molar-refractivity contribution in [2.24, 2.45) is 0 Å². The van der Waals surface area contributed by atoms with Gasteiger partial charge in [-0.1, -0.05) is 0 Å². The average molecular weight is 798 g/mol. The maximum absolute atomic E-state index is 2.60. The number of fused-ring (bicyclic) bond motifs is 4. The van der Waals surface area contributed by atoms with Gasteiger partial charge in [-0.05, 0) is 0 Å². The van der Waals surface area contributed by atoms with Crippen molar-refractivity contribution in [1.82, 2.24) is 0 Å². The summed E-state index contributed by atoms with van der Waals surface area (Å²) in [6, 6.07) is 36.2. The molecule has 0 fully saturated rings. The van der Waals surface area contributed by atoms with Gasteiger partial charge in [-0.25, -0.2) is 0 Å². The molecular weight excluding hydrogens is 755 g/mol. The van der Waals surface area contributed by atoms with Gasteiger partial charge in [0.15, 0.2) is 0 Å². The van der Waals surface area contributed by atoms with Crippen molar-refractivity contribution in [3.8, 4) is 0 Å². The van der Waals surface area contributed by atoms with Crippen LogP contribution in [0, 0.1) is 0 Å². The Bertz CT molecular complexity index is 1540. The Labute approximate surface area is 295 Å². The molecule has 4 unspecified atom stereocenters. The molecule has 45 heavy (non-hydrogen) atoms. The molecule has 0 radical (unpaired) electrons. The third-order valence-corrected chi connectivity index (χ3v) is 52.8. The largest absolute Gasteiger partial charge is 1.00 e. The SMILES string of the molecule is C[SiH](C)[Zr+]([CH]1C=Cc2ccccc21)[CH]1C=Cc2ccccc21.C[SiH](C)[Zr+]([CH]1C=Cc2ccccc21)[CH]1C=Cc2ccccc21.[Cl-].[H-]. The molecular formula is C40H43ClSi2Zr2. The van der Waals surface area contributed by atoms with Crippen molar-refractivity contribution in [3.05, 3.63) is 166 Å². The summed E-state index contributed by atoms with van der Waals surface area (Å²) in [4.78, 5) is 0. The number of allylic oxidation sites excluding steroid dienone is 4. The number of halogens is 1. The minimum atomic E-state index is -1.62. The van der Waals surface area contributed by atoms with Crippen LogP contribution in [-0.2, 0) is 41.8 Å². The molecule has 0 amide bonds. The molecule has 4 aromatic rings. The van der Waals surface area contributed by atoms with Gasteiger partial charge in [-0.3, -0.25) is 0 Å². The first-order valence-electron chi connectivity index (χ1n) is 16.3. The molecule has 0 nitrogen and oxygen atoms in total. The molecule has 4 aromatic carbocycles. The van der Waals surface area contributed by atoms with Crippen molar-refractivity contribution >= 4 is 36.2 Å². The van der Waals surface area contributed by atoms with Gasteiger partial charge >= 0.3 is 285 Å². The van der Waals surface area contributed by atoms with Crippen LogP contribution in [0.15, 0.2) is 121 Å². The molecule has 0 spiro atoms. The monoisotopic (exact) mass is 794 g/mol. The summed E-state index contributed by atoms with van der Waals surface area (Å²) in [6.45, 7) is 10.4. The molecule has 0 saturated carbocycles. The summed E-state index contributed by atoms with van der Waals surface area (Å²) >= 11 is -3.23. The van der Waals surface area contributed by atoms with Crippen LogP contribution in [-0.4, -0.2) is 11.8 Å². The van der Waals surface area contributed by atoms with Crippen LogP contribution in [0.3, 0.4) is 0 Å². The predicted molar refractivity (Wildman–Crippen MR) is 192 cm³/mol. The maximum atomic E-state index is 2.60. The summed E-state index contributed by atoms with van der Waals surface area (Å²) in [5.41, 5.74) is 12.4. The predicted octanol–water partition coefficient (Wildman–Crippen LogP) is 7.36. The van der Waals surface area contributed by atoms with E-state index in [0.29, 0.717) is 0 Å². The van der Waals surface area contributed by atoms with Crippen molar-refractivity contribution in [1.29, 1.82) is 0 Å². The van der Waals surface area contributed by atoms with Crippen molar-refractivity contribution in [2.75, 3.05) is 0 Å². The standard InChI is InChI=1S/4C9H7.2C2H7Si.ClH.2Zr.H/c4*1-2-5-9-7-3-6-8(9)4-1;2*1-3-2;;;;/h4*1-7H;2*3H,1-2H3;1H;;;/q;;;;;;;2*+1;-1/p-1.